The number of hydrogen-bond donors (Lipinski definition) is 3. The quantitative estimate of drug-likeness (QED) is 0.775. The van der Waals surface area contributed by atoms with Crippen molar-refractivity contribution in [3.63, 3.8) is 0 Å². The Labute approximate surface area is 161 Å². The average molecular weight is 367 g/mol. The number of rotatable bonds is 4. The molecule has 0 bridgehead atoms. The van der Waals surface area contributed by atoms with Crippen molar-refractivity contribution < 1.29 is 15.3 Å². The number of hydrogen-bond acceptors (Lipinski definition) is 4. The van der Waals surface area contributed by atoms with Crippen LogP contribution >= 0.6 is 0 Å². The Hall–Kier alpha value is -1.88. The van der Waals surface area contributed by atoms with Gasteiger partial charge >= 0.3 is 0 Å². The van der Waals surface area contributed by atoms with E-state index in [9.17, 15) is 15.3 Å². The van der Waals surface area contributed by atoms with E-state index < -0.39 is 11.7 Å². The van der Waals surface area contributed by atoms with Crippen LogP contribution in [0.15, 0.2) is 48.5 Å². The first-order chi connectivity index (χ1) is 12.9. The lowest BCUT2D eigenvalue weighted by Crippen LogP contribution is -2.37. The Kier molecular flexibility index (Phi) is 4.75. The van der Waals surface area contributed by atoms with E-state index in [-0.39, 0.29) is 11.8 Å². The number of benzene rings is 2. The second-order valence-corrected chi connectivity index (χ2v) is 8.51. The minimum Gasteiger partial charge on any atom is -0.508 e. The molecule has 0 aromatic heterocycles. The molecule has 2 aromatic rings. The van der Waals surface area contributed by atoms with Gasteiger partial charge in [0.1, 0.15) is 5.75 Å². The predicted molar refractivity (Wildman–Crippen MR) is 105 cm³/mol. The average Bonchev–Trinajstić information content (AvgIpc) is 3.17. The number of aliphatic hydroxyl groups excluding tert-OH is 1. The number of phenols is 1. The molecule has 0 spiro atoms. The summed E-state index contributed by atoms with van der Waals surface area (Å²) in [6, 6.07) is 15.0. The van der Waals surface area contributed by atoms with Crippen molar-refractivity contribution in [3.8, 4) is 5.75 Å². The van der Waals surface area contributed by atoms with Crippen LogP contribution in [0.5, 0.6) is 5.75 Å². The molecule has 2 fully saturated rings. The Morgan fingerprint density at radius 1 is 1.00 bits per heavy atom. The van der Waals surface area contributed by atoms with Gasteiger partial charge < -0.3 is 15.3 Å². The third-order valence-corrected chi connectivity index (χ3v) is 6.72. The van der Waals surface area contributed by atoms with Gasteiger partial charge in [0, 0.05) is 19.1 Å². The van der Waals surface area contributed by atoms with Gasteiger partial charge in [0.05, 0.1) is 11.7 Å². The van der Waals surface area contributed by atoms with Gasteiger partial charge in [-0.3, -0.25) is 4.90 Å². The van der Waals surface area contributed by atoms with Gasteiger partial charge in [0.2, 0.25) is 0 Å². The molecule has 4 unspecified atom stereocenters. The lowest BCUT2D eigenvalue weighted by molar-refractivity contribution is 0.0207. The number of aromatic hydroxyl groups is 1. The molecule has 1 aliphatic heterocycles. The number of likely N-dealkylation sites (tertiary alicyclic amines) is 1. The minimum absolute atomic E-state index is 0.00620. The van der Waals surface area contributed by atoms with Gasteiger partial charge in [-0.2, -0.15) is 0 Å². The molecule has 0 radical (unpaired) electrons. The molecule has 27 heavy (non-hydrogen) atoms. The molecule has 4 atom stereocenters. The van der Waals surface area contributed by atoms with Crippen molar-refractivity contribution in [1.82, 2.24) is 4.90 Å². The molecular weight excluding hydrogens is 338 g/mol. The molecule has 2 aromatic carbocycles. The maximum atomic E-state index is 11.3. The van der Waals surface area contributed by atoms with Crippen LogP contribution in [-0.2, 0) is 5.60 Å². The lowest BCUT2D eigenvalue weighted by atomic mass is 9.87. The summed E-state index contributed by atoms with van der Waals surface area (Å²) in [7, 11) is 0. The monoisotopic (exact) mass is 367 g/mol. The van der Waals surface area contributed by atoms with Crippen LogP contribution in [0.25, 0.3) is 0 Å². The zero-order valence-electron chi connectivity index (χ0n) is 16.0. The first kappa shape index (κ1) is 18.5. The van der Waals surface area contributed by atoms with E-state index in [1.165, 1.54) is 0 Å². The number of nitrogens with zero attached hydrogens (tertiary/aromatic N) is 1. The highest BCUT2D eigenvalue weighted by atomic mass is 16.3. The molecule has 4 nitrogen and oxygen atoms in total. The normalized spacial score (nSPS) is 30.2. The summed E-state index contributed by atoms with van der Waals surface area (Å²) in [4.78, 5) is 2.35. The molecule has 4 heteroatoms. The number of fused-ring (bicyclic) bond motifs is 1. The molecule has 1 saturated carbocycles. The highest BCUT2D eigenvalue weighted by molar-refractivity contribution is 5.33. The van der Waals surface area contributed by atoms with Crippen LogP contribution in [0.4, 0.5) is 0 Å². The molecular formula is C23H29NO3. The maximum Gasteiger partial charge on any atom is 0.115 e. The molecule has 0 amide bonds. The van der Waals surface area contributed by atoms with Gasteiger partial charge in [0.25, 0.3) is 0 Å². The van der Waals surface area contributed by atoms with Gasteiger partial charge in [-0.05, 0) is 67.3 Å². The molecule has 4 rings (SSSR count). The van der Waals surface area contributed by atoms with Gasteiger partial charge in [-0.15, -0.1) is 0 Å². The van der Waals surface area contributed by atoms with Crippen molar-refractivity contribution in [3.05, 3.63) is 65.2 Å². The summed E-state index contributed by atoms with van der Waals surface area (Å²) in [6.45, 7) is 5.96. The summed E-state index contributed by atoms with van der Waals surface area (Å²) in [5.41, 5.74) is 2.34. The van der Waals surface area contributed by atoms with Crippen LogP contribution in [0.2, 0.25) is 0 Å². The van der Waals surface area contributed by atoms with E-state index in [0.29, 0.717) is 11.8 Å². The zero-order chi connectivity index (χ0) is 19.2. The predicted octanol–water partition coefficient (Wildman–Crippen LogP) is 3.35. The summed E-state index contributed by atoms with van der Waals surface area (Å²) in [5, 5.41) is 31.5. The molecule has 2 aliphatic rings. The Morgan fingerprint density at radius 3 is 2.19 bits per heavy atom. The first-order valence-electron chi connectivity index (χ1n) is 9.87. The molecule has 1 saturated heterocycles. The topological polar surface area (TPSA) is 63.9 Å². The fourth-order valence-corrected chi connectivity index (χ4v) is 5.19. The SMILES string of the molecule is Cc1ccccc1C1(O)CC2CN(C(C)C(O)c3ccc(O)cc3)CC2C1. The summed E-state index contributed by atoms with van der Waals surface area (Å²) in [5.74, 6) is 1.14. The molecule has 1 aliphatic carbocycles. The third kappa shape index (κ3) is 3.38. The third-order valence-electron chi connectivity index (χ3n) is 6.72. The summed E-state index contributed by atoms with van der Waals surface area (Å²) >= 11 is 0. The lowest BCUT2D eigenvalue weighted by Gasteiger charge is -2.32. The van der Waals surface area contributed by atoms with Crippen molar-refractivity contribution >= 4 is 0 Å². The van der Waals surface area contributed by atoms with Crippen LogP contribution in [-0.4, -0.2) is 39.4 Å². The number of aliphatic hydroxyl groups is 2. The molecule has 1 heterocycles. The van der Waals surface area contributed by atoms with Gasteiger partial charge in [-0.25, -0.2) is 0 Å². The Balaban J connectivity index is 1.44. The first-order valence-corrected chi connectivity index (χ1v) is 9.87. The van der Waals surface area contributed by atoms with Crippen molar-refractivity contribution in [2.75, 3.05) is 13.1 Å². The van der Waals surface area contributed by atoms with Crippen molar-refractivity contribution in [2.45, 2.75) is 44.4 Å². The second kappa shape index (κ2) is 6.93. The smallest absolute Gasteiger partial charge is 0.115 e. The van der Waals surface area contributed by atoms with E-state index in [0.717, 1.165) is 42.6 Å². The van der Waals surface area contributed by atoms with Crippen molar-refractivity contribution in [2.24, 2.45) is 11.8 Å². The van der Waals surface area contributed by atoms with Crippen LogP contribution < -0.4 is 0 Å². The van der Waals surface area contributed by atoms with Gasteiger partial charge in [0.15, 0.2) is 0 Å². The van der Waals surface area contributed by atoms with Crippen LogP contribution in [0.1, 0.15) is 42.6 Å². The van der Waals surface area contributed by atoms with Gasteiger partial charge in [-0.1, -0.05) is 36.4 Å². The Bertz CT molecular complexity index is 790. The number of phenolic OH excluding ortho intramolecular Hbond substituents is 1. The summed E-state index contributed by atoms with van der Waals surface area (Å²) in [6.07, 6.45) is 1.00. The zero-order valence-corrected chi connectivity index (χ0v) is 16.0. The van der Waals surface area contributed by atoms with E-state index in [4.69, 9.17) is 0 Å². The highest BCUT2D eigenvalue weighted by Crippen LogP contribution is 2.50. The standard InChI is InChI=1S/C23H29NO3/c1-15-5-3-4-6-21(15)23(27)11-18-13-24(14-19(18)12-23)16(2)22(26)17-7-9-20(25)10-8-17/h3-10,16,18-19,22,25-27H,11-14H2,1-2H3. The Morgan fingerprint density at radius 2 is 1.59 bits per heavy atom. The van der Waals surface area contributed by atoms with Crippen molar-refractivity contribution in [1.29, 1.82) is 0 Å². The van der Waals surface area contributed by atoms with E-state index >= 15 is 0 Å². The fourth-order valence-electron chi connectivity index (χ4n) is 5.19. The van der Waals surface area contributed by atoms with Crippen LogP contribution in [0, 0.1) is 18.8 Å². The maximum absolute atomic E-state index is 11.3. The molecule has 3 N–H and O–H groups in total. The van der Waals surface area contributed by atoms with Crippen LogP contribution in [0.3, 0.4) is 0 Å². The second-order valence-electron chi connectivity index (χ2n) is 8.51. The minimum atomic E-state index is -0.717. The van der Waals surface area contributed by atoms with E-state index in [1.807, 2.05) is 12.1 Å². The highest BCUT2D eigenvalue weighted by Gasteiger charge is 2.50. The summed E-state index contributed by atoms with van der Waals surface area (Å²) < 4.78 is 0. The number of aryl methyl sites for hydroxylation is 1. The van der Waals surface area contributed by atoms with E-state index in [2.05, 4.69) is 30.9 Å². The molecule has 144 valence electrons. The fraction of sp³-hybridized carbons (Fsp3) is 0.478. The van der Waals surface area contributed by atoms with E-state index in [1.54, 1.807) is 24.3 Å². The largest absolute Gasteiger partial charge is 0.508 e.